The molecule has 0 amide bonds. The molecule has 0 aliphatic carbocycles. The van der Waals surface area contributed by atoms with Crippen LogP contribution >= 0.6 is 11.6 Å². The summed E-state index contributed by atoms with van der Waals surface area (Å²) in [4.78, 5) is 0. The molecular formula is C16H17ClFNO. The normalized spacial score (nSPS) is 12.2. The molecule has 2 rings (SSSR count). The van der Waals surface area contributed by atoms with E-state index in [9.17, 15) is 4.39 Å². The predicted molar refractivity (Wildman–Crippen MR) is 80.1 cm³/mol. The SMILES string of the molecule is CNC(C)c1cccc(F)c1Oc1ccc(C)cc1Cl. The van der Waals surface area contributed by atoms with Crippen LogP contribution in [0.15, 0.2) is 36.4 Å². The number of halogens is 2. The van der Waals surface area contributed by atoms with Gasteiger partial charge in [0.2, 0.25) is 0 Å². The molecule has 106 valence electrons. The zero-order valence-electron chi connectivity index (χ0n) is 11.7. The Kier molecular flexibility index (Phi) is 4.63. The number of benzene rings is 2. The van der Waals surface area contributed by atoms with Crippen molar-refractivity contribution in [1.82, 2.24) is 5.32 Å². The highest BCUT2D eigenvalue weighted by Crippen LogP contribution is 2.35. The fourth-order valence-corrected chi connectivity index (χ4v) is 2.20. The molecule has 20 heavy (non-hydrogen) atoms. The summed E-state index contributed by atoms with van der Waals surface area (Å²) in [5.74, 6) is 0.258. The van der Waals surface area contributed by atoms with Crippen molar-refractivity contribution >= 4 is 11.6 Å². The van der Waals surface area contributed by atoms with Crippen molar-refractivity contribution in [1.29, 1.82) is 0 Å². The van der Waals surface area contributed by atoms with Crippen LogP contribution in [0.3, 0.4) is 0 Å². The Morgan fingerprint density at radius 3 is 2.65 bits per heavy atom. The van der Waals surface area contributed by atoms with Gasteiger partial charge in [0.05, 0.1) is 5.02 Å². The Hall–Kier alpha value is -1.58. The average molecular weight is 294 g/mol. The second-order valence-corrected chi connectivity index (χ2v) is 5.11. The van der Waals surface area contributed by atoms with Gasteiger partial charge in [0.15, 0.2) is 11.6 Å². The van der Waals surface area contributed by atoms with Crippen LogP contribution in [0, 0.1) is 12.7 Å². The molecule has 0 bridgehead atoms. The summed E-state index contributed by atoms with van der Waals surface area (Å²) in [6.07, 6.45) is 0. The lowest BCUT2D eigenvalue weighted by Gasteiger charge is -2.17. The van der Waals surface area contributed by atoms with E-state index < -0.39 is 5.82 Å². The van der Waals surface area contributed by atoms with E-state index in [1.54, 1.807) is 18.2 Å². The zero-order valence-corrected chi connectivity index (χ0v) is 12.5. The summed E-state index contributed by atoms with van der Waals surface area (Å²) in [6, 6.07) is 10.3. The molecule has 1 atom stereocenters. The van der Waals surface area contributed by atoms with Crippen LogP contribution in [0.2, 0.25) is 5.02 Å². The number of ether oxygens (including phenoxy) is 1. The molecule has 4 heteroatoms. The van der Waals surface area contributed by atoms with Crippen molar-refractivity contribution in [2.75, 3.05) is 7.05 Å². The molecule has 0 radical (unpaired) electrons. The quantitative estimate of drug-likeness (QED) is 0.869. The zero-order chi connectivity index (χ0) is 14.7. The van der Waals surface area contributed by atoms with Crippen molar-refractivity contribution in [3.05, 3.63) is 58.4 Å². The Morgan fingerprint density at radius 1 is 1.25 bits per heavy atom. The Bertz CT molecular complexity index is 615. The Morgan fingerprint density at radius 2 is 2.00 bits per heavy atom. The first-order valence-corrected chi connectivity index (χ1v) is 6.80. The minimum Gasteiger partial charge on any atom is -0.452 e. The molecule has 0 aliphatic heterocycles. The summed E-state index contributed by atoms with van der Waals surface area (Å²) in [5, 5.41) is 3.55. The van der Waals surface area contributed by atoms with Crippen molar-refractivity contribution < 1.29 is 9.13 Å². The van der Waals surface area contributed by atoms with Crippen LogP contribution in [0.25, 0.3) is 0 Å². The van der Waals surface area contributed by atoms with Gasteiger partial charge >= 0.3 is 0 Å². The first kappa shape index (κ1) is 14.8. The predicted octanol–water partition coefficient (Wildman–Crippen LogP) is 4.86. The highest BCUT2D eigenvalue weighted by Gasteiger charge is 2.16. The standard InChI is InChI=1S/C16H17ClFNO/c1-10-7-8-15(13(17)9-10)20-16-12(11(2)19-3)5-4-6-14(16)18/h4-9,11,19H,1-3H3. The number of para-hydroxylation sites is 1. The summed E-state index contributed by atoms with van der Waals surface area (Å²) >= 11 is 6.13. The van der Waals surface area contributed by atoms with Crippen molar-refractivity contribution in [3.63, 3.8) is 0 Å². The van der Waals surface area contributed by atoms with Gasteiger partial charge in [0.25, 0.3) is 0 Å². The monoisotopic (exact) mass is 293 g/mol. The van der Waals surface area contributed by atoms with Crippen LogP contribution in [-0.2, 0) is 0 Å². The van der Waals surface area contributed by atoms with E-state index in [1.807, 2.05) is 33.0 Å². The van der Waals surface area contributed by atoms with E-state index in [2.05, 4.69) is 5.32 Å². The fraction of sp³-hybridized carbons (Fsp3) is 0.250. The molecule has 0 saturated carbocycles. The summed E-state index contributed by atoms with van der Waals surface area (Å²) < 4.78 is 19.7. The van der Waals surface area contributed by atoms with Gasteiger partial charge in [-0.2, -0.15) is 0 Å². The molecule has 2 aromatic rings. The third-order valence-corrected chi connectivity index (χ3v) is 3.49. The van der Waals surface area contributed by atoms with E-state index in [4.69, 9.17) is 16.3 Å². The molecule has 0 fully saturated rings. The van der Waals surface area contributed by atoms with Gasteiger partial charge in [-0.3, -0.25) is 0 Å². The van der Waals surface area contributed by atoms with E-state index >= 15 is 0 Å². The number of rotatable bonds is 4. The van der Waals surface area contributed by atoms with Gasteiger partial charge in [-0.15, -0.1) is 0 Å². The smallest absolute Gasteiger partial charge is 0.167 e. The molecule has 1 N–H and O–H groups in total. The largest absolute Gasteiger partial charge is 0.452 e. The van der Waals surface area contributed by atoms with E-state index in [0.29, 0.717) is 10.8 Å². The molecule has 0 aromatic heterocycles. The summed E-state index contributed by atoms with van der Waals surface area (Å²) in [5.41, 5.74) is 1.78. The molecule has 2 aromatic carbocycles. The maximum Gasteiger partial charge on any atom is 0.167 e. The van der Waals surface area contributed by atoms with E-state index in [1.165, 1.54) is 6.07 Å². The third kappa shape index (κ3) is 3.11. The second kappa shape index (κ2) is 6.25. The van der Waals surface area contributed by atoms with Gasteiger partial charge in [0, 0.05) is 11.6 Å². The van der Waals surface area contributed by atoms with E-state index in [-0.39, 0.29) is 11.8 Å². The highest BCUT2D eigenvalue weighted by molar-refractivity contribution is 6.32. The maximum absolute atomic E-state index is 14.0. The first-order chi connectivity index (χ1) is 9.52. The summed E-state index contributed by atoms with van der Waals surface area (Å²) in [7, 11) is 1.82. The van der Waals surface area contributed by atoms with Crippen molar-refractivity contribution in [2.45, 2.75) is 19.9 Å². The van der Waals surface area contributed by atoms with Crippen LogP contribution in [0.1, 0.15) is 24.1 Å². The van der Waals surface area contributed by atoms with Crippen molar-refractivity contribution in [2.24, 2.45) is 0 Å². The number of hydrogen-bond acceptors (Lipinski definition) is 2. The van der Waals surface area contributed by atoms with Crippen LogP contribution < -0.4 is 10.1 Å². The van der Waals surface area contributed by atoms with Gasteiger partial charge in [-0.05, 0) is 44.7 Å². The highest BCUT2D eigenvalue weighted by atomic mass is 35.5. The molecule has 2 nitrogen and oxygen atoms in total. The second-order valence-electron chi connectivity index (χ2n) is 4.70. The molecule has 0 aliphatic rings. The molecule has 0 spiro atoms. The number of nitrogens with one attached hydrogen (secondary N) is 1. The Labute approximate surface area is 123 Å². The lowest BCUT2D eigenvalue weighted by molar-refractivity contribution is 0.428. The lowest BCUT2D eigenvalue weighted by Crippen LogP contribution is -2.13. The topological polar surface area (TPSA) is 21.3 Å². The molecule has 0 heterocycles. The van der Waals surface area contributed by atoms with E-state index in [0.717, 1.165) is 11.1 Å². The minimum atomic E-state index is -0.402. The van der Waals surface area contributed by atoms with Gasteiger partial charge in [-0.25, -0.2) is 4.39 Å². The van der Waals surface area contributed by atoms with Crippen molar-refractivity contribution in [3.8, 4) is 11.5 Å². The molecule has 0 saturated heterocycles. The van der Waals surface area contributed by atoms with Crippen LogP contribution in [0.5, 0.6) is 11.5 Å². The minimum absolute atomic E-state index is 0.0232. The Balaban J connectivity index is 2.42. The van der Waals surface area contributed by atoms with Crippen LogP contribution in [-0.4, -0.2) is 7.05 Å². The summed E-state index contributed by atoms with van der Waals surface area (Å²) in [6.45, 7) is 3.88. The average Bonchev–Trinajstić information content (AvgIpc) is 2.42. The van der Waals surface area contributed by atoms with Crippen LogP contribution in [0.4, 0.5) is 4.39 Å². The third-order valence-electron chi connectivity index (χ3n) is 3.20. The number of hydrogen-bond donors (Lipinski definition) is 1. The fourth-order valence-electron chi connectivity index (χ4n) is 1.93. The number of aryl methyl sites for hydroxylation is 1. The first-order valence-electron chi connectivity index (χ1n) is 6.42. The molecular weight excluding hydrogens is 277 g/mol. The van der Waals surface area contributed by atoms with Gasteiger partial charge in [0.1, 0.15) is 5.75 Å². The van der Waals surface area contributed by atoms with Gasteiger partial charge in [-0.1, -0.05) is 29.8 Å². The van der Waals surface area contributed by atoms with Gasteiger partial charge < -0.3 is 10.1 Å². The molecule has 1 unspecified atom stereocenters. The lowest BCUT2D eigenvalue weighted by atomic mass is 10.1. The maximum atomic E-state index is 14.0.